The van der Waals surface area contributed by atoms with Crippen molar-refractivity contribution >= 4 is 0 Å². The van der Waals surface area contributed by atoms with Crippen LogP contribution in [-0.2, 0) is 0 Å². The standard InChI is InChI=1S/C15H24F2N2/c1-11(2)19(4)10-6-9-18-12(3)15-13(16)7-5-8-14(15)17/h5,7-8,11-12,18H,6,9-10H2,1-4H3. The average molecular weight is 270 g/mol. The first kappa shape index (κ1) is 16.1. The third-order valence-electron chi connectivity index (χ3n) is 3.45. The first-order chi connectivity index (χ1) is 8.93. The minimum atomic E-state index is -0.487. The van der Waals surface area contributed by atoms with Crippen molar-refractivity contribution in [3.8, 4) is 0 Å². The van der Waals surface area contributed by atoms with E-state index in [9.17, 15) is 8.78 Å². The van der Waals surface area contributed by atoms with Gasteiger partial charge in [-0.2, -0.15) is 0 Å². The Balaban J connectivity index is 2.42. The van der Waals surface area contributed by atoms with E-state index >= 15 is 0 Å². The Bertz CT molecular complexity index is 373. The van der Waals surface area contributed by atoms with Crippen LogP contribution in [0.5, 0.6) is 0 Å². The number of nitrogens with one attached hydrogen (secondary N) is 1. The lowest BCUT2D eigenvalue weighted by molar-refractivity contribution is 0.268. The molecule has 0 spiro atoms. The molecule has 0 amide bonds. The highest BCUT2D eigenvalue weighted by atomic mass is 19.1. The lowest BCUT2D eigenvalue weighted by Crippen LogP contribution is -2.30. The van der Waals surface area contributed by atoms with E-state index in [2.05, 4.69) is 31.1 Å². The summed E-state index contributed by atoms with van der Waals surface area (Å²) in [6.45, 7) is 7.78. The highest BCUT2D eigenvalue weighted by Crippen LogP contribution is 2.19. The largest absolute Gasteiger partial charge is 0.310 e. The maximum atomic E-state index is 13.6. The number of halogens is 2. The van der Waals surface area contributed by atoms with Crippen molar-refractivity contribution in [3.05, 3.63) is 35.4 Å². The Morgan fingerprint density at radius 3 is 2.26 bits per heavy atom. The van der Waals surface area contributed by atoms with Crippen molar-refractivity contribution < 1.29 is 8.78 Å². The van der Waals surface area contributed by atoms with Crippen LogP contribution in [0.2, 0.25) is 0 Å². The Kier molecular flexibility index (Phi) is 6.38. The fraction of sp³-hybridized carbons (Fsp3) is 0.600. The van der Waals surface area contributed by atoms with Crippen LogP contribution in [0.25, 0.3) is 0 Å². The van der Waals surface area contributed by atoms with Gasteiger partial charge >= 0.3 is 0 Å². The van der Waals surface area contributed by atoms with Crippen LogP contribution in [0.3, 0.4) is 0 Å². The first-order valence-electron chi connectivity index (χ1n) is 6.81. The lowest BCUT2D eigenvalue weighted by Gasteiger charge is -2.21. The van der Waals surface area contributed by atoms with E-state index in [0.717, 1.165) is 19.5 Å². The molecule has 4 heteroatoms. The number of hydrogen-bond donors (Lipinski definition) is 1. The summed E-state index contributed by atoms with van der Waals surface area (Å²) in [5.74, 6) is -0.974. The first-order valence-corrected chi connectivity index (χ1v) is 6.81. The second-order valence-corrected chi connectivity index (χ2v) is 5.24. The highest BCUT2D eigenvalue weighted by Gasteiger charge is 2.15. The van der Waals surface area contributed by atoms with Gasteiger partial charge in [0, 0.05) is 17.6 Å². The van der Waals surface area contributed by atoms with Gasteiger partial charge in [-0.3, -0.25) is 0 Å². The van der Waals surface area contributed by atoms with E-state index in [4.69, 9.17) is 0 Å². The van der Waals surface area contributed by atoms with Gasteiger partial charge in [-0.1, -0.05) is 6.07 Å². The summed E-state index contributed by atoms with van der Waals surface area (Å²) in [6.07, 6.45) is 0.953. The Morgan fingerprint density at radius 1 is 1.16 bits per heavy atom. The molecule has 108 valence electrons. The van der Waals surface area contributed by atoms with Crippen molar-refractivity contribution in [1.29, 1.82) is 0 Å². The van der Waals surface area contributed by atoms with Crippen LogP contribution in [0.15, 0.2) is 18.2 Å². The third kappa shape index (κ3) is 4.88. The summed E-state index contributed by atoms with van der Waals surface area (Å²) < 4.78 is 27.1. The molecule has 0 radical (unpaired) electrons. The number of nitrogens with zero attached hydrogens (tertiary/aromatic N) is 1. The van der Waals surface area contributed by atoms with E-state index in [0.29, 0.717) is 6.04 Å². The topological polar surface area (TPSA) is 15.3 Å². The van der Waals surface area contributed by atoms with Crippen LogP contribution in [0.1, 0.15) is 38.8 Å². The molecule has 0 aromatic heterocycles. The molecule has 0 saturated heterocycles. The Morgan fingerprint density at radius 2 is 1.74 bits per heavy atom. The third-order valence-corrected chi connectivity index (χ3v) is 3.45. The number of rotatable bonds is 7. The molecule has 0 heterocycles. The summed E-state index contributed by atoms with van der Waals surface area (Å²) in [5.41, 5.74) is 0.125. The Labute approximate surface area is 114 Å². The summed E-state index contributed by atoms with van der Waals surface area (Å²) >= 11 is 0. The van der Waals surface area contributed by atoms with Gasteiger partial charge in [-0.15, -0.1) is 0 Å². The number of hydrogen-bond acceptors (Lipinski definition) is 2. The van der Waals surface area contributed by atoms with Gasteiger partial charge in [0.15, 0.2) is 0 Å². The second-order valence-electron chi connectivity index (χ2n) is 5.24. The van der Waals surface area contributed by atoms with E-state index in [-0.39, 0.29) is 11.6 Å². The SMILES string of the molecule is CC(NCCCN(C)C(C)C)c1c(F)cccc1F. The summed E-state index contributed by atoms with van der Waals surface area (Å²) in [5, 5.41) is 3.17. The van der Waals surface area contributed by atoms with Gasteiger partial charge in [0.25, 0.3) is 0 Å². The van der Waals surface area contributed by atoms with E-state index in [1.807, 2.05) is 0 Å². The molecule has 1 aromatic rings. The Hall–Kier alpha value is -1.00. The molecule has 1 atom stereocenters. The van der Waals surface area contributed by atoms with Gasteiger partial charge in [0.2, 0.25) is 0 Å². The molecule has 1 unspecified atom stereocenters. The summed E-state index contributed by atoms with van der Waals surface area (Å²) in [6, 6.07) is 4.18. The van der Waals surface area contributed by atoms with Gasteiger partial charge < -0.3 is 10.2 Å². The molecule has 0 bridgehead atoms. The van der Waals surface area contributed by atoms with Crippen molar-refractivity contribution in [2.45, 2.75) is 39.3 Å². The van der Waals surface area contributed by atoms with Gasteiger partial charge in [0.05, 0.1) is 0 Å². The van der Waals surface area contributed by atoms with Crippen molar-refractivity contribution in [2.24, 2.45) is 0 Å². The normalized spacial score (nSPS) is 13.3. The zero-order valence-corrected chi connectivity index (χ0v) is 12.2. The van der Waals surface area contributed by atoms with E-state index in [1.165, 1.54) is 18.2 Å². The molecule has 0 aliphatic rings. The molecular formula is C15H24F2N2. The molecule has 1 N–H and O–H groups in total. The van der Waals surface area contributed by atoms with Crippen LogP contribution in [0, 0.1) is 11.6 Å². The zero-order valence-electron chi connectivity index (χ0n) is 12.2. The molecule has 1 rings (SSSR count). The van der Waals surface area contributed by atoms with E-state index < -0.39 is 11.6 Å². The van der Waals surface area contributed by atoms with Crippen LogP contribution in [0.4, 0.5) is 8.78 Å². The number of benzene rings is 1. The van der Waals surface area contributed by atoms with Crippen LogP contribution in [-0.4, -0.2) is 31.1 Å². The maximum absolute atomic E-state index is 13.6. The van der Waals surface area contributed by atoms with Gasteiger partial charge in [-0.25, -0.2) is 8.78 Å². The van der Waals surface area contributed by atoms with Gasteiger partial charge in [-0.05, 0) is 59.5 Å². The molecular weight excluding hydrogens is 246 g/mol. The fourth-order valence-corrected chi connectivity index (χ4v) is 1.93. The van der Waals surface area contributed by atoms with Crippen molar-refractivity contribution in [1.82, 2.24) is 10.2 Å². The molecule has 2 nitrogen and oxygen atoms in total. The quantitative estimate of drug-likeness (QED) is 0.764. The lowest BCUT2D eigenvalue weighted by atomic mass is 10.1. The monoisotopic (exact) mass is 270 g/mol. The highest BCUT2D eigenvalue weighted by molar-refractivity contribution is 5.22. The minimum absolute atomic E-state index is 0.125. The second kappa shape index (κ2) is 7.56. The van der Waals surface area contributed by atoms with Crippen LogP contribution < -0.4 is 5.32 Å². The van der Waals surface area contributed by atoms with Crippen molar-refractivity contribution in [3.63, 3.8) is 0 Å². The molecule has 0 aliphatic heterocycles. The van der Waals surface area contributed by atoms with Crippen molar-refractivity contribution in [2.75, 3.05) is 20.1 Å². The minimum Gasteiger partial charge on any atom is -0.310 e. The fourth-order valence-electron chi connectivity index (χ4n) is 1.93. The predicted octanol–water partition coefficient (Wildman–Crippen LogP) is 3.35. The molecule has 1 aromatic carbocycles. The van der Waals surface area contributed by atoms with Crippen LogP contribution >= 0.6 is 0 Å². The molecule has 0 aliphatic carbocycles. The smallest absolute Gasteiger partial charge is 0.130 e. The average Bonchev–Trinajstić information content (AvgIpc) is 2.34. The van der Waals surface area contributed by atoms with Gasteiger partial charge in [0.1, 0.15) is 11.6 Å². The van der Waals surface area contributed by atoms with E-state index in [1.54, 1.807) is 6.92 Å². The maximum Gasteiger partial charge on any atom is 0.130 e. The zero-order chi connectivity index (χ0) is 14.4. The summed E-state index contributed by atoms with van der Waals surface area (Å²) in [4.78, 5) is 2.25. The summed E-state index contributed by atoms with van der Waals surface area (Å²) in [7, 11) is 2.07. The molecule has 19 heavy (non-hydrogen) atoms. The molecule has 0 fully saturated rings. The predicted molar refractivity (Wildman–Crippen MR) is 75.2 cm³/mol. The molecule has 0 saturated carbocycles.